The van der Waals surface area contributed by atoms with Gasteiger partial charge in [-0.25, -0.2) is 0 Å². The molecule has 0 unspecified atom stereocenters. The average molecular weight is 944 g/mol. The number of ether oxygens (including phenoxy) is 2. The number of benzene rings is 1. The number of aliphatic hydroxyl groups is 2. The second kappa shape index (κ2) is 19.5. The Balaban J connectivity index is 0.817. The third-order valence-corrected chi connectivity index (χ3v) is 17.1. The number of hydrogen-bond donors (Lipinski definition) is 8. The van der Waals surface area contributed by atoms with Crippen LogP contribution in [0.2, 0.25) is 0 Å². The highest BCUT2D eigenvalue weighted by atomic mass is 16.7. The van der Waals surface area contributed by atoms with Gasteiger partial charge in [0.05, 0.1) is 18.8 Å². The number of carboxylic acids is 1. The zero-order valence-electron chi connectivity index (χ0n) is 39.4. The number of nitrogens with one attached hydrogen (secondary N) is 4. The standard InChI is InChI=1S/C51H69N5O12/c1-28(58)54-37(6-4-5-17-52)45(65)53-26-42(62)56-38(13-14-43(63)64)46(66)55-33-23-50(24-33)21-30(22-50)18-29-7-9-31(10-8-29)47-67-41-20-36-35-12-11-32-19-34(59)15-16-48(32,2)44(35)39(60)25-49(36,3)51(41,68-47)40(61)27-57/h7-10,15-16,19,30,33,35-39,41,44,47,57,60H,4-6,11-14,17-18,20-27,52H2,1-3H3,(H,53,65)(H,54,58)(H,55,66)(H,56,62)(H,63,64)/t30?,33?,35-,36-,37-,38-,39-,41+,44+,47+,48-,49-,50?,51+/m0/s1. The molecule has 1 aromatic rings. The number of rotatable bonds is 19. The minimum atomic E-state index is -1.42. The molecule has 370 valence electrons. The van der Waals surface area contributed by atoms with Crippen molar-refractivity contribution < 1.29 is 58.4 Å². The predicted octanol–water partition coefficient (Wildman–Crippen LogP) is 2.61. The van der Waals surface area contributed by atoms with Crippen LogP contribution in [0, 0.1) is 39.9 Å². The van der Waals surface area contributed by atoms with Crippen LogP contribution in [0.5, 0.6) is 0 Å². The number of amides is 4. The minimum absolute atomic E-state index is 0.00696. The van der Waals surface area contributed by atoms with Crippen LogP contribution >= 0.6 is 0 Å². The number of hydrogen-bond acceptors (Lipinski definition) is 12. The van der Waals surface area contributed by atoms with E-state index in [1.54, 1.807) is 12.2 Å². The first-order chi connectivity index (χ1) is 32.3. The van der Waals surface area contributed by atoms with Gasteiger partial charge in [-0.1, -0.05) is 49.8 Å². The summed E-state index contributed by atoms with van der Waals surface area (Å²) in [6.07, 6.45) is 11.1. The Labute approximate surface area is 397 Å². The average Bonchev–Trinajstić information content (AvgIpc) is 3.77. The van der Waals surface area contributed by atoms with Gasteiger partial charge in [-0.3, -0.25) is 33.6 Å². The molecule has 68 heavy (non-hydrogen) atoms. The van der Waals surface area contributed by atoms with Crippen molar-refractivity contribution in [2.45, 2.75) is 153 Å². The van der Waals surface area contributed by atoms with Crippen LogP contribution in [0.15, 0.2) is 48.1 Å². The van der Waals surface area contributed by atoms with Gasteiger partial charge in [0.25, 0.3) is 0 Å². The van der Waals surface area contributed by atoms with Gasteiger partial charge in [0.1, 0.15) is 18.7 Å². The Bertz CT molecular complexity index is 2220. The molecule has 8 rings (SSSR count). The lowest BCUT2D eigenvalue weighted by Crippen LogP contribution is -2.63. The molecule has 5 saturated carbocycles. The van der Waals surface area contributed by atoms with Crippen LogP contribution in [-0.4, -0.2) is 112 Å². The number of carbonyl (C=O) groups excluding carboxylic acids is 6. The second-order valence-corrected chi connectivity index (χ2v) is 21.5. The van der Waals surface area contributed by atoms with Crippen LogP contribution in [0.4, 0.5) is 0 Å². The van der Waals surface area contributed by atoms with E-state index >= 15 is 0 Å². The molecule has 1 aliphatic heterocycles. The summed E-state index contributed by atoms with van der Waals surface area (Å²) in [7, 11) is 0. The highest BCUT2D eigenvalue weighted by Gasteiger charge is 2.76. The van der Waals surface area contributed by atoms with E-state index in [0.717, 1.165) is 61.6 Å². The van der Waals surface area contributed by atoms with E-state index in [4.69, 9.17) is 15.2 Å². The van der Waals surface area contributed by atoms with Crippen molar-refractivity contribution in [1.82, 2.24) is 21.3 Å². The molecule has 1 saturated heterocycles. The molecular formula is C51H69N5O12. The molecule has 17 nitrogen and oxygen atoms in total. The first-order valence-electron chi connectivity index (χ1n) is 24.6. The van der Waals surface area contributed by atoms with Crippen molar-refractivity contribution in [3.8, 4) is 0 Å². The zero-order chi connectivity index (χ0) is 48.8. The Morgan fingerprint density at radius 2 is 1.66 bits per heavy atom. The maximum absolute atomic E-state index is 14.0. The zero-order valence-corrected chi connectivity index (χ0v) is 39.4. The van der Waals surface area contributed by atoms with E-state index in [2.05, 4.69) is 40.3 Å². The van der Waals surface area contributed by atoms with E-state index in [0.29, 0.717) is 44.6 Å². The summed E-state index contributed by atoms with van der Waals surface area (Å²) < 4.78 is 13.4. The number of nitrogens with two attached hydrogens (primary N) is 1. The van der Waals surface area contributed by atoms with Crippen LogP contribution in [0.1, 0.15) is 122 Å². The van der Waals surface area contributed by atoms with Crippen LogP contribution in [0.25, 0.3) is 0 Å². The summed E-state index contributed by atoms with van der Waals surface area (Å²) in [4.78, 5) is 88.2. The molecular weight excluding hydrogens is 875 g/mol. The van der Waals surface area contributed by atoms with Gasteiger partial charge in [-0.05, 0) is 131 Å². The third-order valence-electron chi connectivity index (χ3n) is 17.1. The summed E-state index contributed by atoms with van der Waals surface area (Å²) in [6.45, 7) is 4.72. The smallest absolute Gasteiger partial charge is 0.303 e. The van der Waals surface area contributed by atoms with Gasteiger partial charge in [-0.2, -0.15) is 0 Å². The summed E-state index contributed by atoms with van der Waals surface area (Å²) in [6, 6.07) is 6.00. The van der Waals surface area contributed by atoms with Gasteiger partial charge in [-0.15, -0.1) is 0 Å². The van der Waals surface area contributed by atoms with Crippen molar-refractivity contribution in [1.29, 1.82) is 0 Å². The van der Waals surface area contributed by atoms with Gasteiger partial charge >= 0.3 is 5.97 Å². The molecule has 1 heterocycles. The van der Waals surface area contributed by atoms with Crippen LogP contribution in [0.3, 0.4) is 0 Å². The Kier molecular flexibility index (Phi) is 14.2. The van der Waals surface area contributed by atoms with Gasteiger partial charge < -0.3 is 51.8 Å². The molecule has 9 N–H and O–H groups in total. The van der Waals surface area contributed by atoms with Crippen molar-refractivity contribution >= 4 is 41.2 Å². The highest BCUT2D eigenvalue weighted by molar-refractivity contribution is 6.01. The first kappa shape index (κ1) is 49.6. The lowest BCUT2D eigenvalue weighted by Gasteiger charge is -2.59. The number of ketones is 2. The second-order valence-electron chi connectivity index (χ2n) is 21.5. The molecule has 7 aliphatic rings. The largest absolute Gasteiger partial charge is 0.481 e. The monoisotopic (exact) mass is 943 g/mol. The number of fused-ring (bicyclic) bond motifs is 7. The SMILES string of the molecule is CC(=O)N[C@@H](CCCCN)C(=O)NCC(=O)N[C@@H](CCC(=O)O)C(=O)NC1CC2(CC(Cc3ccc([C@@H]4O[C@@H]5C[C@H]6[C@@H]7CCC8=CC(=O)C=C[C@]8(C)[C@H]7[C@@H](O)C[C@]6(C)[C@]5(C(=O)CO)O4)cc3)C2)C1. The fourth-order valence-corrected chi connectivity index (χ4v) is 14.1. The topological polar surface area (TPSA) is 273 Å². The maximum atomic E-state index is 14.0. The van der Waals surface area contributed by atoms with Crippen LogP contribution in [-0.2, 0) is 49.5 Å². The van der Waals surface area contributed by atoms with Crippen molar-refractivity contribution in [3.63, 3.8) is 0 Å². The summed E-state index contributed by atoms with van der Waals surface area (Å²) in [5, 5.41) is 42.3. The van der Waals surface area contributed by atoms with Gasteiger partial charge in [0.15, 0.2) is 23.5 Å². The minimum Gasteiger partial charge on any atom is -0.481 e. The number of unbranched alkanes of at least 4 members (excludes halogenated alkanes) is 1. The fraction of sp³-hybridized carbons (Fsp3) is 0.667. The predicted molar refractivity (Wildman–Crippen MR) is 246 cm³/mol. The quantitative estimate of drug-likeness (QED) is 0.0929. The van der Waals surface area contributed by atoms with E-state index in [-0.39, 0.29) is 47.8 Å². The molecule has 6 aliphatic carbocycles. The third kappa shape index (κ3) is 9.32. The van der Waals surface area contributed by atoms with Crippen molar-refractivity contribution in [2.75, 3.05) is 19.7 Å². The molecule has 0 radical (unpaired) electrons. The highest BCUT2D eigenvalue weighted by Crippen LogP contribution is 2.70. The summed E-state index contributed by atoms with van der Waals surface area (Å²) >= 11 is 0. The molecule has 1 spiro atoms. The number of Topliss-reactive ketones (excluding diaryl/α,β-unsaturated/α-hetero) is 1. The molecule has 6 fully saturated rings. The van der Waals surface area contributed by atoms with E-state index in [1.165, 1.54) is 6.92 Å². The lowest BCUT2D eigenvalue weighted by atomic mass is 9.46. The number of aliphatic hydroxyl groups excluding tert-OH is 2. The Hall–Kier alpha value is -4.81. The Morgan fingerprint density at radius 3 is 2.34 bits per heavy atom. The molecule has 1 aromatic carbocycles. The summed E-state index contributed by atoms with van der Waals surface area (Å²) in [5.41, 5.74) is 5.97. The van der Waals surface area contributed by atoms with E-state index < -0.39 is 95.5 Å². The Morgan fingerprint density at radius 1 is 0.941 bits per heavy atom. The molecule has 0 bridgehead atoms. The van der Waals surface area contributed by atoms with Gasteiger partial charge in [0, 0.05) is 41.7 Å². The van der Waals surface area contributed by atoms with E-state index in [9.17, 15) is 48.9 Å². The lowest BCUT2D eigenvalue weighted by molar-refractivity contribution is -0.201. The number of carboxylic acid groups (broad SMARTS) is 1. The normalized spacial score (nSPS) is 36.0. The van der Waals surface area contributed by atoms with E-state index in [1.807, 2.05) is 25.1 Å². The fourth-order valence-electron chi connectivity index (χ4n) is 14.1. The van der Waals surface area contributed by atoms with Crippen molar-refractivity contribution in [3.05, 3.63) is 59.2 Å². The molecule has 4 amide bonds. The van der Waals surface area contributed by atoms with Crippen molar-refractivity contribution in [2.24, 2.45) is 45.7 Å². The number of allylic oxidation sites excluding steroid dienone is 4. The molecule has 0 aromatic heterocycles. The van der Waals surface area contributed by atoms with Crippen LogP contribution < -0.4 is 27.0 Å². The summed E-state index contributed by atoms with van der Waals surface area (Å²) in [5.74, 6) is -3.23. The maximum Gasteiger partial charge on any atom is 0.303 e. The molecule has 11 atom stereocenters. The number of aliphatic carboxylic acids is 1. The molecule has 17 heteroatoms. The first-order valence-corrected chi connectivity index (χ1v) is 24.6. The number of carbonyl (C=O) groups is 7. The van der Waals surface area contributed by atoms with Gasteiger partial charge in [0.2, 0.25) is 23.6 Å².